The highest BCUT2D eigenvalue weighted by Gasteiger charge is 2.44. The molecule has 0 bridgehead atoms. The fraction of sp³-hybridized carbons (Fsp3) is 0.200. The molecule has 9 nitrogen and oxygen atoms in total. The van der Waals surface area contributed by atoms with E-state index >= 15 is 0 Å². The summed E-state index contributed by atoms with van der Waals surface area (Å²) in [7, 11) is 0. The third-order valence-corrected chi connectivity index (χ3v) is 7.18. The number of imide groups is 1. The lowest BCUT2D eigenvalue weighted by Gasteiger charge is -2.23. The van der Waals surface area contributed by atoms with Gasteiger partial charge in [-0.2, -0.15) is 0 Å². The first-order chi connectivity index (χ1) is 17.9. The monoisotopic (exact) mass is 633 g/mol. The fourth-order valence-corrected chi connectivity index (χ4v) is 5.16. The molecule has 2 atom stereocenters. The van der Waals surface area contributed by atoms with Crippen LogP contribution in [-0.4, -0.2) is 50.1 Å². The number of rotatable bonds is 9. The number of thiazole rings is 1. The number of amides is 3. The van der Waals surface area contributed by atoms with Gasteiger partial charge in [0.15, 0.2) is 0 Å². The Balaban J connectivity index is 1.45. The maximum Gasteiger partial charge on any atom is 0.325 e. The number of hydrogen-bond acceptors (Lipinski definition) is 7. The number of aliphatic hydroxyl groups is 1. The summed E-state index contributed by atoms with van der Waals surface area (Å²) in [6.45, 7) is 0.0424. The van der Waals surface area contributed by atoms with Gasteiger partial charge in [-0.3, -0.25) is 9.69 Å². The Hall–Kier alpha value is -3.36. The number of nitrogens with one attached hydrogen (secondary N) is 2. The SMILES string of the molecule is O=C1N[C@H](c2ccc(OCCO)cc2)C(=O)N1[C@@H](Cc1cscn1)c1ncc(-c2ccc(I)cc2F)[nH]1. The third-order valence-electron chi connectivity index (χ3n) is 5.87. The molecule has 190 valence electrons. The molecule has 12 heteroatoms. The number of carbonyl (C=O) groups is 2. The summed E-state index contributed by atoms with van der Waals surface area (Å²) in [5, 5.41) is 13.5. The van der Waals surface area contributed by atoms with Crippen LogP contribution in [0.15, 0.2) is 59.6 Å². The van der Waals surface area contributed by atoms with E-state index in [4.69, 9.17) is 9.84 Å². The van der Waals surface area contributed by atoms with E-state index in [1.54, 1.807) is 41.9 Å². The lowest BCUT2D eigenvalue weighted by molar-refractivity contribution is -0.129. The van der Waals surface area contributed by atoms with Crippen molar-refractivity contribution in [2.45, 2.75) is 18.5 Å². The lowest BCUT2D eigenvalue weighted by atomic mass is 10.1. The Bertz CT molecular complexity index is 1410. The lowest BCUT2D eigenvalue weighted by Crippen LogP contribution is -2.37. The van der Waals surface area contributed by atoms with E-state index < -0.39 is 29.8 Å². The fourth-order valence-electron chi connectivity index (χ4n) is 4.13. The number of aromatic amines is 1. The molecule has 5 rings (SSSR count). The van der Waals surface area contributed by atoms with Crippen molar-refractivity contribution in [2.24, 2.45) is 0 Å². The number of carbonyl (C=O) groups excluding carboxylic acids is 2. The third kappa shape index (κ3) is 5.36. The van der Waals surface area contributed by atoms with E-state index in [-0.39, 0.29) is 19.6 Å². The van der Waals surface area contributed by atoms with Gasteiger partial charge in [0.1, 0.15) is 36.1 Å². The van der Waals surface area contributed by atoms with Crippen molar-refractivity contribution < 1.29 is 23.8 Å². The zero-order valence-electron chi connectivity index (χ0n) is 19.2. The summed E-state index contributed by atoms with van der Waals surface area (Å²) in [5.41, 5.74) is 3.74. The smallest absolute Gasteiger partial charge is 0.325 e. The summed E-state index contributed by atoms with van der Waals surface area (Å²) >= 11 is 3.44. The number of aliphatic hydroxyl groups excluding tert-OH is 1. The summed E-state index contributed by atoms with van der Waals surface area (Å²) < 4.78 is 20.7. The largest absolute Gasteiger partial charge is 0.491 e. The Morgan fingerprint density at radius 3 is 2.70 bits per heavy atom. The van der Waals surface area contributed by atoms with Crippen molar-refractivity contribution in [3.05, 3.63) is 86.0 Å². The first-order valence-electron chi connectivity index (χ1n) is 11.3. The highest BCUT2D eigenvalue weighted by molar-refractivity contribution is 14.1. The van der Waals surface area contributed by atoms with Crippen LogP contribution >= 0.6 is 33.9 Å². The normalized spacial score (nSPS) is 16.2. The quantitative estimate of drug-likeness (QED) is 0.188. The van der Waals surface area contributed by atoms with Crippen LogP contribution in [0.4, 0.5) is 9.18 Å². The number of halogens is 2. The molecule has 1 aliphatic rings. The first-order valence-corrected chi connectivity index (χ1v) is 13.3. The predicted octanol–water partition coefficient (Wildman–Crippen LogP) is 4.22. The minimum Gasteiger partial charge on any atom is -0.491 e. The molecule has 3 heterocycles. The van der Waals surface area contributed by atoms with E-state index in [1.807, 2.05) is 28.0 Å². The van der Waals surface area contributed by atoms with E-state index in [2.05, 4.69) is 20.3 Å². The van der Waals surface area contributed by atoms with Gasteiger partial charge in [0.2, 0.25) is 0 Å². The maximum absolute atomic E-state index is 14.6. The minimum atomic E-state index is -0.889. The minimum absolute atomic E-state index is 0.112. The van der Waals surface area contributed by atoms with Crippen molar-refractivity contribution >= 4 is 45.9 Å². The number of benzene rings is 2. The molecule has 0 saturated carbocycles. The Labute approximate surface area is 228 Å². The van der Waals surface area contributed by atoms with Crippen molar-refractivity contribution in [2.75, 3.05) is 13.2 Å². The Morgan fingerprint density at radius 2 is 2.00 bits per heavy atom. The summed E-state index contributed by atoms with van der Waals surface area (Å²) in [6, 6.07) is 9.36. The van der Waals surface area contributed by atoms with Crippen LogP contribution in [0.5, 0.6) is 5.75 Å². The molecular weight excluding hydrogens is 612 g/mol. The van der Waals surface area contributed by atoms with Crippen LogP contribution in [0, 0.1) is 9.39 Å². The first kappa shape index (κ1) is 25.3. The molecule has 0 unspecified atom stereocenters. The Kier molecular flexibility index (Phi) is 7.48. The van der Waals surface area contributed by atoms with Gasteiger partial charge < -0.3 is 20.1 Å². The molecular formula is C25H21FIN5O4S. The van der Waals surface area contributed by atoms with Crippen molar-refractivity contribution in [3.8, 4) is 17.0 Å². The molecule has 0 radical (unpaired) electrons. The van der Waals surface area contributed by atoms with Crippen LogP contribution in [0.1, 0.15) is 29.2 Å². The van der Waals surface area contributed by atoms with Crippen LogP contribution in [-0.2, 0) is 11.2 Å². The molecule has 4 aromatic rings. The average Bonchev–Trinajstić information content (AvgIpc) is 3.63. The highest BCUT2D eigenvalue weighted by atomic mass is 127. The van der Waals surface area contributed by atoms with Crippen LogP contribution in [0.2, 0.25) is 0 Å². The molecule has 2 aromatic carbocycles. The van der Waals surface area contributed by atoms with Gasteiger partial charge in [-0.05, 0) is 58.5 Å². The number of nitrogens with zero attached hydrogens (tertiary/aromatic N) is 3. The van der Waals surface area contributed by atoms with Crippen LogP contribution < -0.4 is 10.1 Å². The van der Waals surface area contributed by atoms with Crippen molar-refractivity contribution in [1.82, 2.24) is 25.2 Å². The summed E-state index contributed by atoms with van der Waals surface area (Å²) in [4.78, 5) is 39.7. The van der Waals surface area contributed by atoms with Crippen molar-refractivity contribution in [3.63, 3.8) is 0 Å². The van der Waals surface area contributed by atoms with Crippen LogP contribution in [0.25, 0.3) is 11.3 Å². The second-order valence-electron chi connectivity index (χ2n) is 8.24. The standard InChI is InChI=1S/C25H21FIN5O4S/c26-19-9-15(27)3-6-18(19)20-11-28-23(30-20)21(10-16-12-37-13-29-16)32-24(34)22(31-25(32)35)14-1-4-17(5-2-14)36-8-7-33/h1-6,9,11-13,21-22,33H,7-8,10H2,(H,28,30)(H,31,35)/t21-,22+/m0/s1. The number of aromatic nitrogens is 3. The number of ether oxygens (including phenoxy) is 1. The molecule has 0 aliphatic carbocycles. The van der Waals surface area contributed by atoms with Gasteiger partial charge >= 0.3 is 6.03 Å². The van der Waals surface area contributed by atoms with E-state index in [9.17, 15) is 14.0 Å². The zero-order chi connectivity index (χ0) is 25.9. The molecule has 1 saturated heterocycles. The van der Waals surface area contributed by atoms with Crippen LogP contribution in [0.3, 0.4) is 0 Å². The van der Waals surface area contributed by atoms with Gasteiger partial charge in [-0.1, -0.05) is 12.1 Å². The van der Waals surface area contributed by atoms with E-state index in [1.165, 1.54) is 23.6 Å². The second-order valence-corrected chi connectivity index (χ2v) is 10.2. The molecule has 3 amide bonds. The van der Waals surface area contributed by atoms with Gasteiger partial charge in [0, 0.05) is 20.9 Å². The highest BCUT2D eigenvalue weighted by Crippen LogP contribution is 2.33. The number of urea groups is 1. The average molecular weight is 633 g/mol. The zero-order valence-corrected chi connectivity index (χ0v) is 22.2. The van der Waals surface area contributed by atoms with E-state index in [0.717, 1.165) is 8.47 Å². The number of imidazole rings is 1. The topological polar surface area (TPSA) is 120 Å². The maximum atomic E-state index is 14.6. The van der Waals surface area contributed by atoms with E-state index in [0.29, 0.717) is 34.1 Å². The van der Waals surface area contributed by atoms with Crippen molar-refractivity contribution in [1.29, 1.82) is 0 Å². The van der Waals surface area contributed by atoms with Gasteiger partial charge in [0.05, 0.1) is 29.7 Å². The van der Waals surface area contributed by atoms with Gasteiger partial charge in [-0.25, -0.2) is 19.2 Å². The van der Waals surface area contributed by atoms with Gasteiger partial charge in [0.25, 0.3) is 5.91 Å². The molecule has 0 spiro atoms. The number of H-pyrrole nitrogens is 1. The molecule has 3 N–H and O–H groups in total. The molecule has 37 heavy (non-hydrogen) atoms. The number of hydrogen-bond donors (Lipinski definition) is 3. The molecule has 2 aromatic heterocycles. The predicted molar refractivity (Wildman–Crippen MR) is 142 cm³/mol. The molecule has 1 fully saturated rings. The Morgan fingerprint density at radius 1 is 1.19 bits per heavy atom. The second kappa shape index (κ2) is 10.9. The van der Waals surface area contributed by atoms with Gasteiger partial charge in [-0.15, -0.1) is 11.3 Å². The summed E-state index contributed by atoms with van der Waals surface area (Å²) in [6.07, 6.45) is 1.74. The summed E-state index contributed by atoms with van der Waals surface area (Å²) in [5.74, 6) is 0.0453. The molecule has 1 aliphatic heterocycles.